The molecule has 5 nitrogen and oxygen atoms in total. The summed E-state index contributed by atoms with van der Waals surface area (Å²) in [6, 6.07) is 1.35. The standard InChI is InChI=1S/C11H12N2O3/c14-6-7-1-3-11(5-8(7)11)13-4-2-9(15)12-10(13)16/h1-4,7-8,14H,5-6H2,(H,12,15,16)/t7-,8-,11?/m0/s1. The lowest BCUT2D eigenvalue weighted by molar-refractivity contribution is 0.236. The van der Waals surface area contributed by atoms with Crippen molar-refractivity contribution in [3.8, 4) is 0 Å². The van der Waals surface area contributed by atoms with Gasteiger partial charge in [-0.2, -0.15) is 0 Å². The number of aliphatic hydroxyl groups excluding tert-OH is 1. The summed E-state index contributed by atoms with van der Waals surface area (Å²) in [5.41, 5.74) is -1.05. The summed E-state index contributed by atoms with van der Waals surface area (Å²) in [6.07, 6.45) is 6.32. The lowest BCUT2D eigenvalue weighted by atomic mass is 10.1. The Balaban J connectivity index is 2.05. The number of aromatic nitrogens is 2. The Morgan fingerprint density at radius 2 is 2.38 bits per heavy atom. The number of nitrogens with one attached hydrogen (secondary N) is 1. The van der Waals surface area contributed by atoms with Crippen LogP contribution in [0.1, 0.15) is 6.42 Å². The van der Waals surface area contributed by atoms with Gasteiger partial charge in [0, 0.05) is 24.8 Å². The van der Waals surface area contributed by atoms with E-state index in [1.807, 2.05) is 12.2 Å². The average molecular weight is 220 g/mol. The third kappa shape index (κ3) is 1.09. The Hall–Kier alpha value is -1.62. The predicted octanol–water partition coefficient (Wildman–Crippen LogP) is -0.570. The van der Waals surface area contributed by atoms with Crippen molar-refractivity contribution in [3.05, 3.63) is 45.3 Å². The number of allylic oxidation sites excluding steroid dienone is 1. The Morgan fingerprint density at radius 1 is 1.56 bits per heavy atom. The molecule has 1 aromatic rings. The first-order valence-electron chi connectivity index (χ1n) is 5.30. The molecule has 1 saturated carbocycles. The minimum absolute atomic E-state index is 0.112. The van der Waals surface area contributed by atoms with Gasteiger partial charge in [0.2, 0.25) is 0 Å². The minimum atomic E-state index is -0.379. The van der Waals surface area contributed by atoms with Gasteiger partial charge in [-0.3, -0.25) is 14.3 Å². The number of hydrogen-bond acceptors (Lipinski definition) is 3. The maximum atomic E-state index is 11.7. The van der Waals surface area contributed by atoms with Crippen LogP contribution < -0.4 is 11.2 Å². The van der Waals surface area contributed by atoms with Gasteiger partial charge in [0.1, 0.15) is 0 Å². The van der Waals surface area contributed by atoms with Crippen LogP contribution in [0.5, 0.6) is 0 Å². The number of fused-ring (bicyclic) bond motifs is 1. The van der Waals surface area contributed by atoms with E-state index in [1.54, 1.807) is 4.57 Å². The molecule has 0 bridgehead atoms. The number of rotatable bonds is 2. The fraction of sp³-hybridized carbons (Fsp3) is 0.455. The van der Waals surface area contributed by atoms with Gasteiger partial charge in [-0.05, 0) is 12.3 Å². The highest BCUT2D eigenvalue weighted by molar-refractivity contribution is 5.29. The molecule has 0 radical (unpaired) electrons. The molecular formula is C11H12N2O3. The molecule has 5 heteroatoms. The topological polar surface area (TPSA) is 75.1 Å². The highest BCUT2D eigenvalue weighted by Gasteiger charge is 2.60. The second-order valence-electron chi connectivity index (χ2n) is 4.49. The van der Waals surface area contributed by atoms with Crippen LogP contribution in [0.3, 0.4) is 0 Å². The predicted molar refractivity (Wildman–Crippen MR) is 57.1 cm³/mol. The van der Waals surface area contributed by atoms with Gasteiger partial charge in [0.15, 0.2) is 0 Å². The Labute approximate surface area is 91.1 Å². The van der Waals surface area contributed by atoms with Crippen molar-refractivity contribution in [2.45, 2.75) is 12.0 Å². The molecule has 3 atom stereocenters. The molecule has 0 amide bonds. The molecule has 1 aromatic heterocycles. The van der Waals surface area contributed by atoms with Crippen LogP contribution in [-0.2, 0) is 5.54 Å². The Morgan fingerprint density at radius 3 is 2.94 bits per heavy atom. The molecule has 2 aliphatic carbocycles. The van der Waals surface area contributed by atoms with Gasteiger partial charge in [-0.25, -0.2) is 4.79 Å². The van der Waals surface area contributed by atoms with Crippen LogP contribution in [0.4, 0.5) is 0 Å². The van der Waals surface area contributed by atoms with Gasteiger partial charge >= 0.3 is 5.69 Å². The quantitative estimate of drug-likeness (QED) is 0.655. The highest BCUT2D eigenvalue weighted by Crippen LogP contribution is 2.59. The van der Waals surface area contributed by atoms with Crippen LogP contribution in [0.25, 0.3) is 0 Å². The molecule has 1 unspecified atom stereocenters. The fourth-order valence-electron chi connectivity index (χ4n) is 2.72. The number of H-pyrrole nitrogens is 1. The number of nitrogens with zero attached hydrogens (tertiary/aromatic N) is 1. The number of aliphatic hydroxyl groups is 1. The Bertz CT molecular complexity index is 571. The zero-order chi connectivity index (χ0) is 11.3. The molecule has 0 aromatic carbocycles. The summed E-state index contributed by atoms with van der Waals surface area (Å²) < 4.78 is 1.56. The van der Waals surface area contributed by atoms with Gasteiger partial charge in [-0.15, -0.1) is 0 Å². The fourth-order valence-corrected chi connectivity index (χ4v) is 2.72. The lowest BCUT2D eigenvalue weighted by Crippen LogP contribution is -2.35. The molecule has 0 saturated heterocycles. The largest absolute Gasteiger partial charge is 0.396 e. The summed E-state index contributed by atoms with van der Waals surface area (Å²) in [5, 5.41) is 9.14. The van der Waals surface area contributed by atoms with Gasteiger partial charge in [0.05, 0.1) is 5.54 Å². The maximum absolute atomic E-state index is 11.7. The van der Waals surface area contributed by atoms with E-state index in [4.69, 9.17) is 5.11 Å². The molecule has 0 spiro atoms. The van der Waals surface area contributed by atoms with E-state index in [0.29, 0.717) is 5.92 Å². The first-order valence-corrected chi connectivity index (χ1v) is 5.30. The average Bonchev–Trinajstić information content (AvgIpc) is 2.86. The molecule has 3 rings (SSSR count). The molecule has 16 heavy (non-hydrogen) atoms. The smallest absolute Gasteiger partial charge is 0.329 e. The molecule has 0 aliphatic heterocycles. The summed E-state index contributed by atoms with van der Waals surface area (Å²) in [6.45, 7) is 0.112. The molecule has 1 fully saturated rings. The molecular weight excluding hydrogens is 208 g/mol. The third-order valence-electron chi connectivity index (χ3n) is 3.66. The molecule has 1 heterocycles. The van der Waals surface area contributed by atoms with Crippen molar-refractivity contribution in [2.75, 3.05) is 6.61 Å². The SMILES string of the molecule is O=c1ccn(C23C=C[C@@H](CO)[C@@H]2C3)c(=O)[nH]1. The van der Waals surface area contributed by atoms with Crippen molar-refractivity contribution >= 4 is 0 Å². The summed E-state index contributed by atoms with van der Waals surface area (Å²) in [7, 11) is 0. The van der Waals surface area contributed by atoms with Crippen LogP contribution in [-0.4, -0.2) is 21.3 Å². The van der Waals surface area contributed by atoms with E-state index in [1.165, 1.54) is 12.3 Å². The van der Waals surface area contributed by atoms with Crippen molar-refractivity contribution < 1.29 is 5.11 Å². The highest BCUT2D eigenvalue weighted by atomic mass is 16.3. The van der Waals surface area contributed by atoms with Crippen molar-refractivity contribution in [2.24, 2.45) is 11.8 Å². The van der Waals surface area contributed by atoms with Crippen molar-refractivity contribution in [3.63, 3.8) is 0 Å². The van der Waals surface area contributed by atoms with E-state index in [9.17, 15) is 9.59 Å². The van der Waals surface area contributed by atoms with Crippen LogP contribution in [0.2, 0.25) is 0 Å². The van der Waals surface area contributed by atoms with Crippen molar-refractivity contribution in [1.82, 2.24) is 9.55 Å². The van der Waals surface area contributed by atoms with Crippen LogP contribution in [0, 0.1) is 11.8 Å². The minimum Gasteiger partial charge on any atom is -0.396 e. The molecule has 2 aliphatic rings. The normalized spacial score (nSPS) is 35.1. The van der Waals surface area contributed by atoms with Crippen LogP contribution >= 0.6 is 0 Å². The van der Waals surface area contributed by atoms with Gasteiger partial charge in [0.25, 0.3) is 5.56 Å². The number of aromatic amines is 1. The van der Waals surface area contributed by atoms with E-state index >= 15 is 0 Å². The first-order chi connectivity index (χ1) is 7.67. The van der Waals surface area contributed by atoms with E-state index in [2.05, 4.69) is 4.98 Å². The van der Waals surface area contributed by atoms with E-state index in [-0.39, 0.29) is 29.3 Å². The summed E-state index contributed by atoms with van der Waals surface area (Å²) >= 11 is 0. The van der Waals surface area contributed by atoms with Gasteiger partial charge in [-0.1, -0.05) is 12.2 Å². The van der Waals surface area contributed by atoms with E-state index < -0.39 is 0 Å². The second-order valence-corrected chi connectivity index (χ2v) is 4.49. The third-order valence-corrected chi connectivity index (χ3v) is 3.66. The second kappa shape index (κ2) is 2.95. The lowest BCUT2D eigenvalue weighted by Gasteiger charge is -2.13. The zero-order valence-corrected chi connectivity index (χ0v) is 8.59. The molecule has 84 valence electrons. The number of hydrogen-bond donors (Lipinski definition) is 2. The summed E-state index contributed by atoms with van der Waals surface area (Å²) in [4.78, 5) is 24.9. The maximum Gasteiger partial charge on any atom is 0.329 e. The monoisotopic (exact) mass is 220 g/mol. The first kappa shape index (κ1) is 9.59. The summed E-state index contributed by atoms with van der Waals surface area (Å²) in [5.74, 6) is 0.430. The van der Waals surface area contributed by atoms with Crippen LogP contribution in [0.15, 0.2) is 34.0 Å². The van der Waals surface area contributed by atoms with Crippen molar-refractivity contribution in [1.29, 1.82) is 0 Å². The van der Waals surface area contributed by atoms with E-state index in [0.717, 1.165) is 6.42 Å². The molecule has 2 N–H and O–H groups in total. The van der Waals surface area contributed by atoms with Gasteiger partial charge < -0.3 is 5.11 Å². The Kier molecular flexibility index (Phi) is 1.77. The zero-order valence-electron chi connectivity index (χ0n) is 8.59.